The summed E-state index contributed by atoms with van der Waals surface area (Å²) in [6.07, 6.45) is 1.15. The van der Waals surface area contributed by atoms with E-state index in [-0.39, 0.29) is 10.8 Å². The number of alkyl halides is 1. The molecular weight excluding hydrogens is 356 g/mol. The Morgan fingerprint density at radius 2 is 1.90 bits per heavy atom. The van der Waals surface area contributed by atoms with Gasteiger partial charge in [-0.1, -0.05) is 22.0 Å². The topological polar surface area (TPSA) is 57.7 Å². The Hall–Kier alpha value is -0.920. The standard InChI is InChI=1S/C14H19BrN2O3S/c1-21(19,20)13-4-2-3-12(11-13)14(18)17-9-7-16(6-5-15)8-10-17/h2-4,11H,5-10H2,1H3. The average molecular weight is 375 g/mol. The third-order valence-corrected chi connectivity index (χ3v) is 5.03. The molecule has 0 aliphatic carbocycles. The summed E-state index contributed by atoms with van der Waals surface area (Å²) in [4.78, 5) is 16.7. The summed E-state index contributed by atoms with van der Waals surface area (Å²) in [5.41, 5.74) is 0.437. The summed E-state index contributed by atoms with van der Waals surface area (Å²) in [6.45, 7) is 4.03. The minimum absolute atomic E-state index is 0.0982. The Morgan fingerprint density at radius 1 is 1.24 bits per heavy atom. The molecule has 1 aromatic rings. The Balaban J connectivity index is 2.08. The Kier molecular flexibility index (Phi) is 5.40. The lowest BCUT2D eigenvalue weighted by atomic mass is 10.2. The fourth-order valence-electron chi connectivity index (χ4n) is 2.34. The molecule has 1 heterocycles. The number of halogens is 1. The highest BCUT2D eigenvalue weighted by Gasteiger charge is 2.22. The van der Waals surface area contributed by atoms with Gasteiger partial charge in [0.15, 0.2) is 9.84 Å². The molecule has 7 heteroatoms. The zero-order chi connectivity index (χ0) is 15.5. The van der Waals surface area contributed by atoms with Gasteiger partial charge in [-0.3, -0.25) is 9.69 Å². The van der Waals surface area contributed by atoms with Gasteiger partial charge in [0.05, 0.1) is 4.90 Å². The van der Waals surface area contributed by atoms with Crippen LogP contribution in [0.15, 0.2) is 29.2 Å². The first kappa shape index (κ1) is 16.5. The van der Waals surface area contributed by atoms with Crippen LogP contribution in [-0.2, 0) is 9.84 Å². The lowest BCUT2D eigenvalue weighted by molar-refractivity contribution is 0.0644. The molecule has 116 valence electrons. The van der Waals surface area contributed by atoms with Crippen molar-refractivity contribution in [2.45, 2.75) is 4.90 Å². The molecule has 0 radical (unpaired) electrons. The second-order valence-corrected chi connectivity index (χ2v) is 7.93. The fourth-order valence-corrected chi connectivity index (χ4v) is 3.50. The summed E-state index contributed by atoms with van der Waals surface area (Å²) < 4.78 is 23.1. The summed E-state index contributed by atoms with van der Waals surface area (Å²) >= 11 is 3.41. The lowest BCUT2D eigenvalue weighted by Crippen LogP contribution is -2.49. The van der Waals surface area contributed by atoms with Crippen LogP contribution in [0.3, 0.4) is 0 Å². The Labute approximate surface area is 134 Å². The van der Waals surface area contributed by atoms with E-state index in [1.165, 1.54) is 12.1 Å². The van der Waals surface area contributed by atoms with Gasteiger partial charge in [-0.15, -0.1) is 0 Å². The zero-order valence-corrected chi connectivity index (χ0v) is 14.4. The molecular formula is C14H19BrN2O3S. The number of hydrogen-bond donors (Lipinski definition) is 0. The molecule has 21 heavy (non-hydrogen) atoms. The van der Waals surface area contributed by atoms with Gasteiger partial charge >= 0.3 is 0 Å². The molecule has 1 saturated heterocycles. The molecule has 0 N–H and O–H groups in total. The van der Waals surface area contributed by atoms with E-state index in [1.807, 2.05) is 0 Å². The van der Waals surface area contributed by atoms with E-state index < -0.39 is 9.84 Å². The number of hydrogen-bond acceptors (Lipinski definition) is 4. The summed E-state index contributed by atoms with van der Waals surface area (Å²) in [6, 6.07) is 6.26. The minimum Gasteiger partial charge on any atom is -0.336 e. The zero-order valence-electron chi connectivity index (χ0n) is 12.0. The van der Waals surface area contributed by atoms with Crippen LogP contribution in [0.25, 0.3) is 0 Å². The van der Waals surface area contributed by atoms with Gasteiger partial charge in [0.2, 0.25) is 0 Å². The summed E-state index contributed by atoms with van der Waals surface area (Å²) in [5.74, 6) is -0.0982. The van der Waals surface area contributed by atoms with Gasteiger partial charge in [-0.2, -0.15) is 0 Å². The average Bonchev–Trinajstić information content (AvgIpc) is 2.47. The molecule has 5 nitrogen and oxygen atoms in total. The SMILES string of the molecule is CS(=O)(=O)c1cccc(C(=O)N2CCN(CCBr)CC2)c1. The number of carbonyl (C=O) groups is 1. The fraction of sp³-hybridized carbons (Fsp3) is 0.500. The van der Waals surface area contributed by atoms with Gasteiger partial charge < -0.3 is 4.90 Å². The van der Waals surface area contributed by atoms with Crippen molar-refractivity contribution < 1.29 is 13.2 Å². The van der Waals surface area contributed by atoms with E-state index in [4.69, 9.17) is 0 Å². The third kappa shape index (κ3) is 4.28. The van der Waals surface area contributed by atoms with Crippen molar-refractivity contribution in [3.05, 3.63) is 29.8 Å². The van der Waals surface area contributed by atoms with Gasteiger partial charge in [0, 0.05) is 49.9 Å². The van der Waals surface area contributed by atoms with E-state index in [1.54, 1.807) is 17.0 Å². The van der Waals surface area contributed by atoms with Crippen molar-refractivity contribution >= 4 is 31.7 Å². The Morgan fingerprint density at radius 3 is 2.48 bits per heavy atom. The number of rotatable bonds is 4. The van der Waals surface area contributed by atoms with E-state index in [2.05, 4.69) is 20.8 Å². The molecule has 1 amide bonds. The van der Waals surface area contributed by atoms with Crippen LogP contribution in [0, 0.1) is 0 Å². The second kappa shape index (κ2) is 6.89. The number of amides is 1. The third-order valence-electron chi connectivity index (χ3n) is 3.57. The molecule has 0 atom stereocenters. The number of carbonyl (C=O) groups excluding carboxylic acids is 1. The normalized spacial score (nSPS) is 17.0. The summed E-state index contributed by atoms with van der Waals surface area (Å²) in [7, 11) is -3.29. The molecule has 1 fully saturated rings. The minimum atomic E-state index is -3.29. The van der Waals surface area contributed by atoms with E-state index in [0.29, 0.717) is 18.7 Å². The van der Waals surface area contributed by atoms with E-state index in [0.717, 1.165) is 31.2 Å². The molecule has 1 aromatic carbocycles. The highest BCUT2D eigenvalue weighted by atomic mass is 79.9. The van der Waals surface area contributed by atoms with Crippen LogP contribution < -0.4 is 0 Å². The van der Waals surface area contributed by atoms with E-state index >= 15 is 0 Å². The second-order valence-electron chi connectivity index (χ2n) is 5.12. The first-order valence-electron chi connectivity index (χ1n) is 6.79. The highest BCUT2D eigenvalue weighted by Crippen LogP contribution is 2.14. The monoisotopic (exact) mass is 374 g/mol. The Bertz CT molecular complexity index is 610. The van der Waals surface area contributed by atoms with Gasteiger partial charge in [0.25, 0.3) is 5.91 Å². The maximum absolute atomic E-state index is 12.4. The molecule has 0 spiro atoms. The first-order valence-corrected chi connectivity index (χ1v) is 9.81. The predicted octanol–water partition coefficient (Wildman–Crippen LogP) is 1.24. The van der Waals surface area contributed by atoms with Crippen molar-refractivity contribution in [2.24, 2.45) is 0 Å². The molecule has 0 saturated carbocycles. The quantitative estimate of drug-likeness (QED) is 0.744. The van der Waals surface area contributed by atoms with Crippen molar-refractivity contribution in [3.63, 3.8) is 0 Å². The van der Waals surface area contributed by atoms with Crippen LogP contribution in [0.4, 0.5) is 0 Å². The van der Waals surface area contributed by atoms with Crippen molar-refractivity contribution in [3.8, 4) is 0 Å². The van der Waals surface area contributed by atoms with Crippen LogP contribution >= 0.6 is 15.9 Å². The van der Waals surface area contributed by atoms with Crippen molar-refractivity contribution in [1.82, 2.24) is 9.80 Å². The van der Waals surface area contributed by atoms with Crippen LogP contribution in [0.1, 0.15) is 10.4 Å². The van der Waals surface area contributed by atoms with Crippen LogP contribution in [0.5, 0.6) is 0 Å². The molecule has 0 aromatic heterocycles. The maximum atomic E-state index is 12.4. The van der Waals surface area contributed by atoms with Crippen LogP contribution in [0.2, 0.25) is 0 Å². The molecule has 1 aliphatic heterocycles. The molecule has 1 aliphatic rings. The number of sulfone groups is 1. The van der Waals surface area contributed by atoms with Gasteiger partial charge in [-0.25, -0.2) is 8.42 Å². The van der Waals surface area contributed by atoms with Gasteiger partial charge in [0.1, 0.15) is 0 Å². The van der Waals surface area contributed by atoms with E-state index in [9.17, 15) is 13.2 Å². The largest absolute Gasteiger partial charge is 0.336 e. The van der Waals surface area contributed by atoms with Crippen molar-refractivity contribution in [2.75, 3.05) is 44.3 Å². The number of piperazine rings is 1. The number of nitrogens with zero attached hydrogens (tertiary/aromatic N) is 2. The molecule has 2 rings (SSSR count). The van der Waals surface area contributed by atoms with Gasteiger partial charge in [-0.05, 0) is 18.2 Å². The first-order chi connectivity index (χ1) is 9.91. The highest BCUT2D eigenvalue weighted by molar-refractivity contribution is 9.09. The maximum Gasteiger partial charge on any atom is 0.253 e. The smallest absolute Gasteiger partial charge is 0.253 e. The summed E-state index contributed by atoms with van der Waals surface area (Å²) in [5, 5.41) is 0.928. The van der Waals surface area contributed by atoms with Crippen molar-refractivity contribution in [1.29, 1.82) is 0 Å². The number of benzene rings is 1. The lowest BCUT2D eigenvalue weighted by Gasteiger charge is -2.34. The van der Waals surface area contributed by atoms with Crippen LogP contribution in [-0.4, -0.2) is 68.4 Å². The predicted molar refractivity (Wildman–Crippen MR) is 85.7 cm³/mol. The molecule has 0 bridgehead atoms. The molecule has 0 unspecified atom stereocenters.